The molecule has 0 bridgehead atoms. The van der Waals surface area contributed by atoms with E-state index < -0.39 is 23.6 Å². The van der Waals surface area contributed by atoms with Gasteiger partial charge < -0.3 is 21.1 Å². The van der Waals surface area contributed by atoms with Gasteiger partial charge in [0.15, 0.2) is 0 Å². The van der Waals surface area contributed by atoms with Gasteiger partial charge in [-0.25, -0.2) is 13.8 Å². The number of carbonyl (C=O) groups is 1. The van der Waals surface area contributed by atoms with Crippen molar-refractivity contribution in [3.8, 4) is 11.3 Å². The van der Waals surface area contributed by atoms with E-state index in [4.69, 9.17) is 10.8 Å². The Balaban J connectivity index is 1.78. The highest BCUT2D eigenvalue weighted by atomic mass is 32.1. The zero-order valence-corrected chi connectivity index (χ0v) is 15.2. The molecular formula is C18H18F2N4O2S. The third kappa shape index (κ3) is 4.05. The van der Waals surface area contributed by atoms with Crippen LogP contribution >= 0.6 is 11.3 Å². The molecule has 3 rings (SSSR count). The van der Waals surface area contributed by atoms with E-state index in [2.05, 4.69) is 15.3 Å². The molecule has 3 aromatic rings. The van der Waals surface area contributed by atoms with Gasteiger partial charge in [-0.1, -0.05) is 0 Å². The number of benzene rings is 1. The Morgan fingerprint density at radius 3 is 2.67 bits per heavy atom. The molecule has 27 heavy (non-hydrogen) atoms. The SMILES string of the molecule is Cc1c(F)cc(-c2ccc(C(=O)N[C@@H](CN)c3nc(CO)cs3)[nH]2)cc1F. The van der Waals surface area contributed by atoms with Gasteiger partial charge in [0.1, 0.15) is 22.3 Å². The van der Waals surface area contributed by atoms with Crippen molar-refractivity contribution in [2.75, 3.05) is 6.54 Å². The monoisotopic (exact) mass is 392 g/mol. The normalized spacial score (nSPS) is 12.2. The first-order valence-electron chi connectivity index (χ1n) is 8.14. The Hall–Kier alpha value is -2.62. The first-order valence-corrected chi connectivity index (χ1v) is 9.02. The Bertz CT molecular complexity index is 947. The van der Waals surface area contributed by atoms with Gasteiger partial charge in [-0.15, -0.1) is 11.3 Å². The quantitative estimate of drug-likeness (QED) is 0.518. The number of aromatic amines is 1. The molecule has 9 heteroatoms. The third-order valence-corrected chi connectivity index (χ3v) is 5.10. The Labute approximate surface area is 158 Å². The van der Waals surface area contributed by atoms with Crippen molar-refractivity contribution in [3.05, 3.63) is 63.2 Å². The number of carbonyl (C=O) groups excluding carboxylic acids is 1. The molecule has 1 aromatic carbocycles. The Morgan fingerprint density at radius 1 is 1.37 bits per heavy atom. The Morgan fingerprint density at radius 2 is 2.07 bits per heavy atom. The van der Waals surface area contributed by atoms with Crippen molar-refractivity contribution >= 4 is 17.2 Å². The summed E-state index contributed by atoms with van der Waals surface area (Å²) in [6.45, 7) is 1.30. The largest absolute Gasteiger partial charge is 0.390 e. The average Bonchev–Trinajstić information content (AvgIpc) is 3.33. The molecule has 0 fully saturated rings. The standard InChI is InChI=1S/C18H18F2N4O2S/c1-9-12(19)4-10(5-13(9)20)14-2-3-15(23-14)17(26)24-16(6-21)18-22-11(7-25)8-27-18/h2-5,8,16,23,25H,6-7,21H2,1H3,(H,24,26)/t16-/m0/s1. The van der Waals surface area contributed by atoms with Crippen molar-refractivity contribution < 1.29 is 18.7 Å². The lowest BCUT2D eigenvalue weighted by Crippen LogP contribution is -2.33. The summed E-state index contributed by atoms with van der Waals surface area (Å²) in [5.74, 6) is -1.74. The number of nitrogens with one attached hydrogen (secondary N) is 2. The summed E-state index contributed by atoms with van der Waals surface area (Å²) < 4.78 is 27.5. The number of thiazole rings is 1. The van der Waals surface area contributed by atoms with Gasteiger partial charge in [-0.2, -0.15) is 0 Å². The molecule has 142 valence electrons. The summed E-state index contributed by atoms with van der Waals surface area (Å²) in [6.07, 6.45) is 0. The molecular weight excluding hydrogens is 374 g/mol. The number of aliphatic hydroxyl groups excluding tert-OH is 1. The molecule has 5 N–H and O–H groups in total. The predicted molar refractivity (Wildman–Crippen MR) is 98.2 cm³/mol. The zero-order chi connectivity index (χ0) is 19.6. The second kappa shape index (κ2) is 7.95. The molecule has 2 aromatic heterocycles. The van der Waals surface area contributed by atoms with E-state index in [0.29, 0.717) is 22.0 Å². The molecule has 0 aliphatic carbocycles. The van der Waals surface area contributed by atoms with E-state index in [1.54, 1.807) is 11.4 Å². The second-order valence-corrected chi connectivity index (χ2v) is 6.84. The summed E-state index contributed by atoms with van der Waals surface area (Å²) in [4.78, 5) is 19.5. The smallest absolute Gasteiger partial charge is 0.268 e. The number of hydrogen-bond donors (Lipinski definition) is 4. The molecule has 0 spiro atoms. The molecule has 0 saturated carbocycles. The van der Waals surface area contributed by atoms with Crippen LogP contribution in [0.3, 0.4) is 0 Å². The van der Waals surface area contributed by atoms with E-state index in [1.165, 1.54) is 36.5 Å². The number of nitrogens with two attached hydrogens (primary N) is 1. The number of amides is 1. The van der Waals surface area contributed by atoms with Gasteiger partial charge in [0.2, 0.25) is 0 Å². The van der Waals surface area contributed by atoms with E-state index in [-0.39, 0.29) is 24.4 Å². The van der Waals surface area contributed by atoms with Crippen LogP contribution in [0, 0.1) is 18.6 Å². The first-order chi connectivity index (χ1) is 12.9. The van der Waals surface area contributed by atoms with E-state index in [9.17, 15) is 13.6 Å². The number of H-pyrrole nitrogens is 1. The highest BCUT2D eigenvalue weighted by Crippen LogP contribution is 2.24. The van der Waals surface area contributed by atoms with Crippen LogP contribution in [0.5, 0.6) is 0 Å². The lowest BCUT2D eigenvalue weighted by Gasteiger charge is -2.13. The molecule has 1 atom stereocenters. The van der Waals surface area contributed by atoms with Crippen LogP contribution in [0.1, 0.15) is 32.8 Å². The van der Waals surface area contributed by atoms with E-state index >= 15 is 0 Å². The fourth-order valence-corrected chi connectivity index (χ4v) is 3.38. The summed E-state index contributed by atoms with van der Waals surface area (Å²) in [7, 11) is 0. The van der Waals surface area contributed by atoms with Gasteiger partial charge in [0.25, 0.3) is 5.91 Å². The van der Waals surface area contributed by atoms with Crippen LogP contribution < -0.4 is 11.1 Å². The fourth-order valence-electron chi connectivity index (χ4n) is 2.51. The topological polar surface area (TPSA) is 104 Å². The number of aliphatic hydroxyl groups is 1. The molecule has 0 radical (unpaired) electrons. The molecule has 6 nitrogen and oxygen atoms in total. The minimum Gasteiger partial charge on any atom is -0.390 e. The number of nitrogens with zero attached hydrogens (tertiary/aromatic N) is 1. The van der Waals surface area contributed by atoms with Crippen LogP contribution in [-0.4, -0.2) is 27.5 Å². The molecule has 0 aliphatic heterocycles. The molecule has 0 saturated heterocycles. The maximum Gasteiger partial charge on any atom is 0.268 e. The van der Waals surface area contributed by atoms with Gasteiger partial charge >= 0.3 is 0 Å². The number of aromatic nitrogens is 2. The molecule has 0 unspecified atom stereocenters. The van der Waals surface area contributed by atoms with Gasteiger partial charge in [-0.05, 0) is 31.2 Å². The van der Waals surface area contributed by atoms with E-state index in [0.717, 1.165) is 0 Å². The zero-order valence-electron chi connectivity index (χ0n) is 14.4. The minimum atomic E-state index is -0.655. The van der Waals surface area contributed by atoms with Gasteiger partial charge in [-0.3, -0.25) is 4.79 Å². The maximum atomic E-state index is 13.8. The lowest BCUT2D eigenvalue weighted by atomic mass is 10.1. The van der Waals surface area contributed by atoms with Crippen molar-refractivity contribution in [1.82, 2.24) is 15.3 Å². The minimum absolute atomic E-state index is 0.0558. The van der Waals surface area contributed by atoms with Crippen LogP contribution in [0.25, 0.3) is 11.3 Å². The Kier molecular flexibility index (Phi) is 5.64. The van der Waals surface area contributed by atoms with E-state index in [1.807, 2.05) is 0 Å². The van der Waals surface area contributed by atoms with Gasteiger partial charge in [0, 0.05) is 28.7 Å². The first kappa shape index (κ1) is 19.2. The molecule has 1 amide bonds. The molecule has 2 heterocycles. The molecule has 0 aliphatic rings. The summed E-state index contributed by atoms with van der Waals surface area (Å²) in [5.41, 5.74) is 7.12. The predicted octanol–water partition coefficient (Wildman–Crippen LogP) is 2.65. The van der Waals surface area contributed by atoms with Crippen LogP contribution in [0.2, 0.25) is 0 Å². The van der Waals surface area contributed by atoms with Crippen molar-refractivity contribution in [2.24, 2.45) is 5.73 Å². The van der Waals surface area contributed by atoms with Gasteiger partial charge in [0.05, 0.1) is 18.3 Å². The summed E-state index contributed by atoms with van der Waals surface area (Å²) in [5, 5.41) is 14.1. The number of hydrogen-bond acceptors (Lipinski definition) is 5. The maximum absolute atomic E-state index is 13.8. The summed E-state index contributed by atoms with van der Waals surface area (Å²) in [6, 6.07) is 5.00. The highest BCUT2D eigenvalue weighted by Gasteiger charge is 2.19. The van der Waals surface area contributed by atoms with Crippen LogP contribution in [0.15, 0.2) is 29.6 Å². The van der Waals surface area contributed by atoms with Crippen LogP contribution in [-0.2, 0) is 6.61 Å². The lowest BCUT2D eigenvalue weighted by molar-refractivity contribution is 0.0933. The van der Waals surface area contributed by atoms with Crippen molar-refractivity contribution in [3.63, 3.8) is 0 Å². The van der Waals surface area contributed by atoms with Crippen molar-refractivity contribution in [1.29, 1.82) is 0 Å². The second-order valence-electron chi connectivity index (χ2n) is 5.95. The summed E-state index contributed by atoms with van der Waals surface area (Å²) >= 11 is 1.29. The average molecular weight is 392 g/mol. The fraction of sp³-hybridized carbons (Fsp3) is 0.222. The number of rotatable bonds is 6. The highest BCUT2D eigenvalue weighted by molar-refractivity contribution is 7.09. The van der Waals surface area contributed by atoms with Crippen molar-refractivity contribution in [2.45, 2.75) is 19.6 Å². The van der Waals surface area contributed by atoms with Crippen LogP contribution in [0.4, 0.5) is 8.78 Å². The third-order valence-electron chi connectivity index (χ3n) is 4.09. The number of halogens is 2.